The second-order valence-electron chi connectivity index (χ2n) is 10.4. The first-order valence-electron chi connectivity index (χ1n) is 12.9. The number of esters is 1. The Labute approximate surface area is 240 Å². The van der Waals surface area contributed by atoms with E-state index >= 15 is 0 Å². The highest BCUT2D eigenvalue weighted by Crippen LogP contribution is 2.26. The van der Waals surface area contributed by atoms with Crippen LogP contribution in [0.4, 0.5) is 0 Å². The van der Waals surface area contributed by atoms with Gasteiger partial charge in [-0.1, -0.05) is 84.2 Å². The number of hydrogen-bond donors (Lipinski definition) is 1. The summed E-state index contributed by atoms with van der Waals surface area (Å²) >= 11 is 9.27. The van der Waals surface area contributed by atoms with E-state index in [2.05, 4.69) is 35.0 Å². The first-order valence-corrected chi connectivity index (χ1v) is 14.4. The van der Waals surface area contributed by atoms with Crippen LogP contribution < -0.4 is 0 Å². The Bertz CT molecular complexity index is 1180. The molecule has 4 nitrogen and oxygen atoms in total. The van der Waals surface area contributed by atoms with Crippen LogP contribution in [0, 0.1) is 5.92 Å². The van der Waals surface area contributed by atoms with Gasteiger partial charge in [-0.05, 0) is 86.6 Å². The van der Waals surface area contributed by atoms with Crippen molar-refractivity contribution in [1.82, 2.24) is 0 Å². The third-order valence-electron chi connectivity index (χ3n) is 5.67. The number of phenols is 1. The van der Waals surface area contributed by atoms with Gasteiger partial charge in [-0.15, -0.1) is 0 Å². The fraction of sp³-hybridized carbons (Fsp3) is 0.375. The number of halogens is 2. The van der Waals surface area contributed by atoms with Crippen LogP contribution in [-0.4, -0.2) is 27.8 Å². The molecule has 3 rings (SSSR count). The van der Waals surface area contributed by atoms with E-state index in [0.29, 0.717) is 17.0 Å². The quantitative estimate of drug-likeness (QED) is 0.151. The number of ketones is 1. The molecule has 1 atom stereocenters. The zero-order valence-electron chi connectivity index (χ0n) is 22.9. The average Bonchev–Trinajstić information content (AvgIpc) is 2.86. The third kappa shape index (κ3) is 10.6. The molecule has 38 heavy (non-hydrogen) atoms. The summed E-state index contributed by atoms with van der Waals surface area (Å²) in [5.74, 6) is -0.392. The summed E-state index contributed by atoms with van der Waals surface area (Å²) in [5, 5.41) is 11.5. The van der Waals surface area contributed by atoms with Gasteiger partial charge in [0, 0.05) is 16.8 Å². The van der Waals surface area contributed by atoms with Gasteiger partial charge in [0.25, 0.3) is 0 Å². The summed E-state index contributed by atoms with van der Waals surface area (Å²) in [6.45, 7) is 9.74. The molecule has 0 amide bonds. The van der Waals surface area contributed by atoms with E-state index in [-0.39, 0.29) is 29.0 Å². The SMILES string of the molecule is CC(CC(=O)c1cc(Cl)ccc1O)Cc1ccc(-c2ccc(C(=O)OC(C)(C)C)cc2)cc1.CCCCBr. The molecule has 204 valence electrons. The minimum Gasteiger partial charge on any atom is -0.507 e. The Morgan fingerprint density at radius 1 is 0.974 bits per heavy atom. The normalized spacial score (nSPS) is 11.8. The lowest BCUT2D eigenvalue weighted by Crippen LogP contribution is -2.23. The molecule has 1 unspecified atom stereocenters. The van der Waals surface area contributed by atoms with Gasteiger partial charge in [-0.2, -0.15) is 0 Å². The van der Waals surface area contributed by atoms with E-state index in [9.17, 15) is 14.7 Å². The zero-order valence-corrected chi connectivity index (χ0v) is 25.2. The summed E-state index contributed by atoms with van der Waals surface area (Å²) in [6.07, 6.45) is 3.66. The molecular weight excluding hydrogens is 564 g/mol. The summed E-state index contributed by atoms with van der Waals surface area (Å²) in [6, 6.07) is 20.1. The molecule has 6 heteroatoms. The topological polar surface area (TPSA) is 63.6 Å². The van der Waals surface area contributed by atoms with Gasteiger partial charge >= 0.3 is 5.97 Å². The summed E-state index contributed by atoms with van der Waals surface area (Å²) in [5.41, 5.74) is 3.44. The number of ether oxygens (including phenoxy) is 1. The van der Waals surface area contributed by atoms with E-state index in [1.165, 1.54) is 25.0 Å². The van der Waals surface area contributed by atoms with Gasteiger partial charge in [0.15, 0.2) is 5.78 Å². The molecule has 3 aromatic carbocycles. The van der Waals surface area contributed by atoms with Gasteiger partial charge in [0.2, 0.25) is 0 Å². The molecule has 0 fully saturated rings. The number of rotatable bonds is 9. The maximum absolute atomic E-state index is 12.6. The van der Waals surface area contributed by atoms with Crippen LogP contribution in [0.1, 0.15) is 80.2 Å². The predicted octanol–water partition coefficient (Wildman–Crippen LogP) is 9.30. The van der Waals surface area contributed by atoms with Gasteiger partial charge < -0.3 is 9.84 Å². The second-order valence-corrected chi connectivity index (χ2v) is 11.6. The lowest BCUT2D eigenvalue weighted by Gasteiger charge is -2.19. The molecule has 0 aliphatic rings. The van der Waals surface area contributed by atoms with E-state index in [4.69, 9.17) is 16.3 Å². The van der Waals surface area contributed by atoms with E-state index in [1.54, 1.807) is 18.2 Å². The lowest BCUT2D eigenvalue weighted by atomic mass is 9.92. The number of alkyl halides is 1. The minimum absolute atomic E-state index is 0.0429. The summed E-state index contributed by atoms with van der Waals surface area (Å²) < 4.78 is 5.41. The molecule has 0 saturated heterocycles. The monoisotopic (exact) mass is 600 g/mol. The van der Waals surface area contributed by atoms with Gasteiger partial charge in [0.05, 0.1) is 11.1 Å². The van der Waals surface area contributed by atoms with Crippen molar-refractivity contribution in [1.29, 1.82) is 0 Å². The van der Waals surface area contributed by atoms with Crippen LogP contribution in [0.15, 0.2) is 66.7 Å². The number of aromatic hydroxyl groups is 1. The molecule has 0 heterocycles. The zero-order chi connectivity index (χ0) is 28.3. The van der Waals surface area contributed by atoms with Crippen molar-refractivity contribution in [2.45, 2.75) is 65.9 Å². The van der Waals surface area contributed by atoms with Crippen molar-refractivity contribution in [3.05, 3.63) is 88.4 Å². The first kappa shape index (κ1) is 31.6. The minimum atomic E-state index is -0.526. The molecule has 0 aliphatic carbocycles. The second kappa shape index (κ2) is 15.1. The van der Waals surface area contributed by atoms with Gasteiger partial charge in [-0.25, -0.2) is 4.79 Å². The van der Waals surface area contributed by atoms with Crippen LogP contribution in [0.5, 0.6) is 5.75 Å². The van der Waals surface area contributed by atoms with Crippen LogP contribution in [0.25, 0.3) is 11.1 Å². The molecule has 1 N–H and O–H groups in total. The first-order chi connectivity index (χ1) is 17.9. The number of benzene rings is 3. The van der Waals surface area contributed by atoms with Crippen molar-refractivity contribution >= 4 is 39.3 Å². The number of carbonyl (C=O) groups is 2. The number of carbonyl (C=O) groups excluding carboxylic acids is 2. The summed E-state index contributed by atoms with van der Waals surface area (Å²) in [7, 11) is 0. The van der Waals surface area contributed by atoms with Crippen LogP contribution >= 0.6 is 27.5 Å². The predicted molar refractivity (Wildman–Crippen MR) is 161 cm³/mol. The smallest absolute Gasteiger partial charge is 0.338 e. The Kier molecular flexibility index (Phi) is 12.5. The maximum atomic E-state index is 12.6. The van der Waals surface area contributed by atoms with E-state index in [1.807, 2.05) is 52.0 Å². The molecule has 0 bridgehead atoms. The van der Waals surface area contributed by atoms with Gasteiger partial charge in [-0.3, -0.25) is 4.79 Å². The van der Waals surface area contributed by atoms with E-state index < -0.39 is 5.60 Å². The highest BCUT2D eigenvalue weighted by molar-refractivity contribution is 9.09. The van der Waals surface area contributed by atoms with E-state index in [0.717, 1.165) is 28.4 Å². The third-order valence-corrected chi connectivity index (χ3v) is 6.47. The molecule has 0 aliphatic heterocycles. The Balaban J connectivity index is 0.000000926. The fourth-order valence-corrected chi connectivity index (χ4v) is 4.47. The standard InChI is InChI=1S/C28H29ClO4.C4H9Br/c1-18(16-26(31)24-17-23(29)13-14-25(24)30)15-19-5-7-20(8-6-19)21-9-11-22(12-10-21)27(32)33-28(2,3)4;1-2-3-4-5/h5-14,17-18,30H,15-16H2,1-4H3;2-4H2,1H3. The van der Waals surface area contributed by atoms with Crippen molar-refractivity contribution in [3.8, 4) is 16.9 Å². The summed E-state index contributed by atoms with van der Waals surface area (Å²) in [4.78, 5) is 24.7. The number of hydrogen-bond acceptors (Lipinski definition) is 4. The van der Waals surface area contributed by atoms with Crippen molar-refractivity contribution < 1.29 is 19.4 Å². The molecule has 0 aromatic heterocycles. The Morgan fingerprint density at radius 3 is 2.05 bits per heavy atom. The molecular formula is C32H38BrClO4. The highest BCUT2D eigenvalue weighted by atomic mass is 79.9. The number of unbranched alkanes of at least 4 members (excludes halogenated alkanes) is 1. The Hall–Kier alpha value is -2.63. The molecule has 0 saturated carbocycles. The fourth-order valence-electron chi connectivity index (χ4n) is 3.74. The van der Waals surface area contributed by atoms with Crippen molar-refractivity contribution in [3.63, 3.8) is 0 Å². The average molecular weight is 602 g/mol. The maximum Gasteiger partial charge on any atom is 0.338 e. The Morgan fingerprint density at radius 2 is 1.55 bits per heavy atom. The molecule has 0 spiro atoms. The number of Topliss-reactive ketones (excluding diaryl/α,β-unsaturated/α-hetero) is 1. The highest BCUT2D eigenvalue weighted by Gasteiger charge is 2.18. The van der Waals surface area contributed by atoms with Crippen molar-refractivity contribution in [2.24, 2.45) is 5.92 Å². The number of phenolic OH excluding ortho intramolecular Hbond substituents is 1. The van der Waals surface area contributed by atoms with Crippen LogP contribution in [-0.2, 0) is 11.2 Å². The van der Waals surface area contributed by atoms with Crippen molar-refractivity contribution in [2.75, 3.05) is 5.33 Å². The molecule has 0 radical (unpaired) electrons. The largest absolute Gasteiger partial charge is 0.507 e. The van der Waals surface area contributed by atoms with Crippen LogP contribution in [0.3, 0.4) is 0 Å². The van der Waals surface area contributed by atoms with Gasteiger partial charge in [0.1, 0.15) is 11.4 Å². The van der Waals surface area contributed by atoms with Crippen LogP contribution in [0.2, 0.25) is 5.02 Å². The lowest BCUT2D eigenvalue weighted by molar-refractivity contribution is 0.00694. The molecule has 3 aromatic rings.